The number of benzene rings is 1. The van der Waals surface area contributed by atoms with Crippen molar-refractivity contribution in [1.82, 2.24) is 5.16 Å². The summed E-state index contributed by atoms with van der Waals surface area (Å²) in [5.74, 6) is -0.483. The number of para-hydroxylation sites is 1. The Morgan fingerprint density at radius 1 is 1.23 bits per heavy atom. The fourth-order valence-corrected chi connectivity index (χ4v) is 2.53. The molecule has 0 saturated heterocycles. The summed E-state index contributed by atoms with van der Waals surface area (Å²) in [6.45, 7) is 6.49. The van der Waals surface area contributed by atoms with Gasteiger partial charge in [0.1, 0.15) is 5.76 Å². The largest absolute Gasteiger partial charge is 0.453 e. The number of ketones is 1. The minimum Gasteiger partial charge on any atom is -0.453 e. The molecule has 0 unspecified atom stereocenters. The van der Waals surface area contributed by atoms with Crippen LogP contribution in [0.15, 0.2) is 28.8 Å². The molecule has 1 aromatic heterocycles. The van der Waals surface area contributed by atoms with Crippen molar-refractivity contribution in [3.63, 3.8) is 0 Å². The highest BCUT2D eigenvalue weighted by atomic mass is 16.5. The van der Waals surface area contributed by atoms with Crippen LogP contribution in [0, 0.1) is 13.8 Å². The van der Waals surface area contributed by atoms with E-state index in [4.69, 9.17) is 9.26 Å². The van der Waals surface area contributed by atoms with Crippen LogP contribution in [0.2, 0.25) is 0 Å². The zero-order valence-corrected chi connectivity index (χ0v) is 15.3. The predicted molar refractivity (Wildman–Crippen MR) is 94.9 cm³/mol. The van der Waals surface area contributed by atoms with Crippen LogP contribution < -0.4 is 5.32 Å². The third-order valence-electron chi connectivity index (χ3n) is 4.00. The highest BCUT2D eigenvalue weighted by molar-refractivity contribution is 6.04. The van der Waals surface area contributed by atoms with Crippen LogP contribution in [0.1, 0.15) is 47.6 Å². The molecule has 1 N–H and O–H groups in total. The Morgan fingerprint density at radius 3 is 2.54 bits per heavy atom. The minimum atomic E-state index is -0.979. The van der Waals surface area contributed by atoms with Crippen molar-refractivity contribution in [2.75, 3.05) is 5.32 Å². The minimum absolute atomic E-state index is 0.116. The van der Waals surface area contributed by atoms with Crippen molar-refractivity contribution in [1.29, 1.82) is 0 Å². The van der Waals surface area contributed by atoms with Gasteiger partial charge in [-0.05, 0) is 46.2 Å². The molecule has 1 amide bonds. The van der Waals surface area contributed by atoms with Gasteiger partial charge in [-0.1, -0.05) is 17.3 Å². The number of rotatable bonds is 7. The van der Waals surface area contributed by atoms with Crippen molar-refractivity contribution in [2.24, 2.45) is 0 Å². The molecule has 0 aliphatic carbocycles. The number of ether oxygens (including phenoxy) is 1. The number of carbonyl (C=O) groups is 3. The van der Waals surface area contributed by atoms with Crippen LogP contribution in [0.25, 0.3) is 0 Å². The van der Waals surface area contributed by atoms with Gasteiger partial charge in [0, 0.05) is 17.5 Å². The highest BCUT2D eigenvalue weighted by Gasteiger charge is 2.20. The molecule has 1 atom stereocenters. The topological polar surface area (TPSA) is 98.5 Å². The molecule has 1 aromatic carbocycles. The number of carbonyl (C=O) groups excluding carboxylic acids is 3. The molecular weight excluding hydrogens is 336 g/mol. The normalized spacial score (nSPS) is 11.7. The van der Waals surface area contributed by atoms with Gasteiger partial charge in [-0.25, -0.2) is 0 Å². The van der Waals surface area contributed by atoms with Crippen LogP contribution in [-0.4, -0.2) is 28.9 Å². The molecule has 0 spiro atoms. The fourth-order valence-electron chi connectivity index (χ4n) is 2.53. The number of hydrogen-bond acceptors (Lipinski definition) is 6. The number of esters is 1. The molecule has 1 heterocycles. The smallest absolute Gasteiger partial charge is 0.306 e. The molecule has 0 aliphatic rings. The van der Waals surface area contributed by atoms with E-state index in [1.54, 1.807) is 38.1 Å². The number of anilines is 1. The summed E-state index contributed by atoms with van der Waals surface area (Å²) in [5, 5.41) is 6.46. The van der Waals surface area contributed by atoms with Gasteiger partial charge < -0.3 is 14.6 Å². The molecule has 0 radical (unpaired) electrons. The van der Waals surface area contributed by atoms with Gasteiger partial charge in [-0.3, -0.25) is 14.4 Å². The SMILES string of the molecule is CC(=O)c1ccccc1NC(=O)[C@@H](C)OC(=O)CCc1c(C)noc1C. The van der Waals surface area contributed by atoms with E-state index in [2.05, 4.69) is 10.5 Å². The van der Waals surface area contributed by atoms with Gasteiger partial charge in [-0.2, -0.15) is 0 Å². The second-order valence-corrected chi connectivity index (χ2v) is 6.03. The lowest BCUT2D eigenvalue weighted by Crippen LogP contribution is -2.30. The quantitative estimate of drug-likeness (QED) is 0.603. The van der Waals surface area contributed by atoms with Crippen LogP contribution in [-0.2, 0) is 20.7 Å². The fraction of sp³-hybridized carbons (Fsp3) is 0.368. The second-order valence-electron chi connectivity index (χ2n) is 6.03. The molecule has 2 rings (SSSR count). The number of hydrogen-bond donors (Lipinski definition) is 1. The van der Waals surface area contributed by atoms with Crippen LogP contribution in [0.3, 0.4) is 0 Å². The van der Waals surface area contributed by atoms with Gasteiger partial charge in [-0.15, -0.1) is 0 Å². The Kier molecular flexibility index (Phi) is 6.27. The molecule has 7 heteroatoms. The van der Waals surface area contributed by atoms with Crippen LogP contribution >= 0.6 is 0 Å². The van der Waals surface area contributed by atoms with E-state index >= 15 is 0 Å². The summed E-state index contributed by atoms with van der Waals surface area (Å²) in [7, 11) is 0. The number of nitrogens with zero attached hydrogens (tertiary/aromatic N) is 1. The van der Waals surface area contributed by atoms with Crippen LogP contribution in [0.5, 0.6) is 0 Å². The molecule has 7 nitrogen and oxygen atoms in total. The van der Waals surface area contributed by atoms with E-state index in [0.717, 1.165) is 11.3 Å². The first-order valence-corrected chi connectivity index (χ1v) is 8.31. The Labute approximate surface area is 151 Å². The Bertz CT molecular complexity index is 806. The molecule has 0 aliphatic heterocycles. The lowest BCUT2D eigenvalue weighted by Gasteiger charge is -2.15. The van der Waals surface area contributed by atoms with E-state index in [-0.39, 0.29) is 12.2 Å². The summed E-state index contributed by atoms with van der Waals surface area (Å²) < 4.78 is 10.2. The third kappa shape index (κ3) is 4.78. The molecule has 0 bridgehead atoms. The van der Waals surface area contributed by atoms with E-state index < -0.39 is 18.0 Å². The van der Waals surface area contributed by atoms with Crippen molar-refractivity contribution in [3.05, 3.63) is 46.8 Å². The van der Waals surface area contributed by atoms with Crippen molar-refractivity contribution in [2.45, 2.75) is 46.6 Å². The van der Waals surface area contributed by atoms with E-state index in [0.29, 0.717) is 23.4 Å². The standard InChI is InChI=1S/C19H22N2O5/c1-11-15(13(3)26-21-11)9-10-18(23)25-14(4)19(24)20-17-8-6-5-7-16(17)12(2)22/h5-8,14H,9-10H2,1-4H3,(H,20,24)/t14-/m1/s1. The third-order valence-corrected chi connectivity index (χ3v) is 4.00. The first-order chi connectivity index (χ1) is 12.3. The van der Waals surface area contributed by atoms with E-state index in [1.165, 1.54) is 13.8 Å². The van der Waals surface area contributed by atoms with Gasteiger partial charge in [0.15, 0.2) is 11.9 Å². The second kappa shape index (κ2) is 8.42. The Morgan fingerprint density at radius 2 is 1.92 bits per heavy atom. The molecule has 138 valence electrons. The number of aryl methyl sites for hydroxylation is 2. The zero-order chi connectivity index (χ0) is 19.3. The Balaban J connectivity index is 1.90. The van der Waals surface area contributed by atoms with Gasteiger partial charge in [0.2, 0.25) is 0 Å². The maximum absolute atomic E-state index is 12.2. The zero-order valence-electron chi connectivity index (χ0n) is 15.3. The summed E-state index contributed by atoms with van der Waals surface area (Å²) >= 11 is 0. The predicted octanol–water partition coefficient (Wildman–Crippen LogP) is 3.00. The number of aromatic nitrogens is 1. The van der Waals surface area contributed by atoms with Crippen molar-refractivity contribution < 1.29 is 23.6 Å². The lowest BCUT2D eigenvalue weighted by molar-refractivity contribution is -0.153. The number of Topliss-reactive ketones (excluding diaryl/α,β-unsaturated/α-hetero) is 1. The Hall–Kier alpha value is -2.96. The number of amides is 1. The summed E-state index contributed by atoms with van der Waals surface area (Å²) in [4.78, 5) is 35.8. The van der Waals surface area contributed by atoms with Crippen LogP contribution in [0.4, 0.5) is 5.69 Å². The maximum atomic E-state index is 12.2. The average molecular weight is 358 g/mol. The lowest BCUT2D eigenvalue weighted by atomic mass is 10.1. The van der Waals surface area contributed by atoms with E-state index in [9.17, 15) is 14.4 Å². The molecule has 26 heavy (non-hydrogen) atoms. The van der Waals surface area contributed by atoms with Gasteiger partial charge in [0.05, 0.1) is 11.4 Å². The molecule has 0 fully saturated rings. The average Bonchev–Trinajstić information content (AvgIpc) is 2.91. The maximum Gasteiger partial charge on any atom is 0.306 e. The highest BCUT2D eigenvalue weighted by Crippen LogP contribution is 2.17. The molecular formula is C19H22N2O5. The van der Waals surface area contributed by atoms with E-state index in [1.807, 2.05) is 0 Å². The summed E-state index contributed by atoms with van der Waals surface area (Å²) in [6, 6.07) is 6.67. The van der Waals surface area contributed by atoms with Gasteiger partial charge in [0.25, 0.3) is 5.91 Å². The summed E-state index contributed by atoms with van der Waals surface area (Å²) in [5.41, 5.74) is 2.40. The van der Waals surface area contributed by atoms with Gasteiger partial charge >= 0.3 is 5.97 Å². The monoisotopic (exact) mass is 358 g/mol. The summed E-state index contributed by atoms with van der Waals surface area (Å²) in [6.07, 6.45) is -0.432. The molecule has 2 aromatic rings. The molecule has 0 saturated carbocycles. The van der Waals surface area contributed by atoms with Crippen molar-refractivity contribution >= 4 is 23.3 Å². The first-order valence-electron chi connectivity index (χ1n) is 8.31. The first kappa shape index (κ1) is 19.4. The number of nitrogens with one attached hydrogen (secondary N) is 1. The van der Waals surface area contributed by atoms with Crippen molar-refractivity contribution in [3.8, 4) is 0 Å².